The van der Waals surface area contributed by atoms with Crippen molar-refractivity contribution in [2.45, 2.75) is 52.5 Å². The Morgan fingerprint density at radius 1 is 0.861 bits per heavy atom. The van der Waals surface area contributed by atoms with Crippen LogP contribution in [0.3, 0.4) is 0 Å². The van der Waals surface area contributed by atoms with Crippen molar-refractivity contribution in [1.82, 2.24) is 0 Å². The van der Waals surface area contributed by atoms with Crippen LogP contribution in [0.5, 0.6) is 5.75 Å². The number of rotatable bonds is 8. The molecule has 5 rings (SSSR count). The van der Waals surface area contributed by atoms with Crippen molar-refractivity contribution in [2.75, 3.05) is 11.5 Å². The minimum atomic E-state index is -0.588. The molecule has 0 aliphatic carbocycles. The summed E-state index contributed by atoms with van der Waals surface area (Å²) in [5, 5.41) is 0.490. The van der Waals surface area contributed by atoms with Gasteiger partial charge in [0.05, 0.1) is 23.6 Å². The normalized spacial score (nSPS) is 14.9. The average molecular weight is 482 g/mol. The fourth-order valence-electron chi connectivity index (χ4n) is 4.84. The van der Waals surface area contributed by atoms with E-state index in [9.17, 15) is 9.59 Å². The summed E-state index contributed by atoms with van der Waals surface area (Å²) in [6, 6.07) is 20.3. The number of unbranched alkanes of at least 4 members (excludes halogenated alkanes) is 3. The van der Waals surface area contributed by atoms with E-state index in [1.807, 2.05) is 74.5 Å². The van der Waals surface area contributed by atoms with Gasteiger partial charge in [0.2, 0.25) is 5.76 Å². The highest BCUT2D eigenvalue weighted by Crippen LogP contribution is 2.41. The number of amides is 1. The van der Waals surface area contributed by atoms with Gasteiger partial charge >= 0.3 is 0 Å². The highest BCUT2D eigenvalue weighted by molar-refractivity contribution is 6.10. The fraction of sp³-hybridized carbons (Fsp3) is 0.290. The van der Waals surface area contributed by atoms with Crippen LogP contribution in [0.2, 0.25) is 0 Å². The molecule has 36 heavy (non-hydrogen) atoms. The van der Waals surface area contributed by atoms with Crippen LogP contribution in [-0.4, -0.2) is 12.5 Å². The molecule has 0 radical (unpaired) electrons. The number of hydrogen-bond acceptors (Lipinski definition) is 4. The predicted octanol–water partition coefficient (Wildman–Crippen LogP) is 7.12. The van der Waals surface area contributed by atoms with Crippen molar-refractivity contribution in [3.8, 4) is 5.75 Å². The number of hydrogen-bond donors (Lipinski definition) is 0. The van der Waals surface area contributed by atoms with E-state index in [0.29, 0.717) is 23.1 Å². The zero-order chi connectivity index (χ0) is 25.2. The molecule has 0 spiro atoms. The number of carbonyl (C=O) groups is 1. The van der Waals surface area contributed by atoms with Gasteiger partial charge < -0.3 is 9.15 Å². The Balaban J connectivity index is 1.57. The standard InChI is InChI=1S/C31H31NO4/c1-4-5-6-7-18-35-24-15-11-22(12-16-24)28-27-29(33)25-19-21(3)10-17-26(25)36-30(27)31(34)32(28)23-13-8-20(2)9-14-23/h8-17,19,28H,4-7,18H2,1-3H3. The lowest BCUT2D eigenvalue weighted by atomic mass is 9.97. The molecule has 0 bridgehead atoms. The quantitative estimate of drug-likeness (QED) is 0.251. The molecule has 4 aromatic rings. The van der Waals surface area contributed by atoms with Crippen LogP contribution < -0.4 is 15.1 Å². The van der Waals surface area contributed by atoms with Crippen molar-refractivity contribution in [3.05, 3.63) is 105 Å². The highest BCUT2D eigenvalue weighted by atomic mass is 16.5. The van der Waals surface area contributed by atoms with E-state index in [1.165, 1.54) is 12.8 Å². The summed E-state index contributed by atoms with van der Waals surface area (Å²) in [6.45, 7) is 6.81. The lowest BCUT2D eigenvalue weighted by Crippen LogP contribution is -2.29. The monoisotopic (exact) mass is 481 g/mol. The van der Waals surface area contributed by atoms with E-state index < -0.39 is 6.04 Å². The second-order valence-corrected chi connectivity index (χ2v) is 9.56. The lowest BCUT2D eigenvalue weighted by Gasteiger charge is -2.25. The molecule has 5 heteroatoms. The minimum Gasteiger partial charge on any atom is -0.494 e. The van der Waals surface area contributed by atoms with Crippen molar-refractivity contribution in [3.63, 3.8) is 0 Å². The molecule has 0 saturated carbocycles. The summed E-state index contributed by atoms with van der Waals surface area (Å²) in [5.41, 5.74) is 4.25. The number of anilines is 1. The molecule has 0 saturated heterocycles. The molecule has 1 unspecified atom stereocenters. The molecular weight excluding hydrogens is 450 g/mol. The Hall–Kier alpha value is -3.86. The van der Waals surface area contributed by atoms with Crippen LogP contribution in [0.25, 0.3) is 11.0 Å². The van der Waals surface area contributed by atoms with Crippen LogP contribution in [0.1, 0.15) is 71.5 Å². The Kier molecular flexibility index (Phi) is 6.64. The van der Waals surface area contributed by atoms with Crippen LogP contribution in [-0.2, 0) is 0 Å². The average Bonchev–Trinajstić information content (AvgIpc) is 3.18. The maximum absolute atomic E-state index is 13.8. The molecule has 1 amide bonds. The van der Waals surface area contributed by atoms with Gasteiger partial charge in [-0.3, -0.25) is 14.5 Å². The first kappa shape index (κ1) is 23.9. The molecule has 5 nitrogen and oxygen atoms in total. The second kappa shape index (κ2) is 10.0. The lowest BCUT2D eigenvalue weighted by molar-refractivity contribution is 0.0971. The number of ether oxygens (including phenoxy) is 1. The smallest absolute Gasteiger partial charge is 0.295 e. The van der Waals surface area contributed by atoms with Crippen molar-refractivity contribution < 1.29 is 13.9 Å². The van der Waals surface area contributed by atoms with Gasteiger partial charge in [0, 0.05) is 5.69 Å². The maximum atomic E-state index is 13.8. The fourth-order valence-corrected chi connectivity index (χ4v) is 4.84. The maximum Gasteiger partial charge on any atom is 0.295 e. The largest absolute Gasteiger partial charge is 0.494 e. The van der Waals surface area contributed by atoms with Gasteiger partial charge in [-0.2, -0.15) is 0 Å². The molecule has 3 aromatic carbocycles. The molecule has 0 N–H and O–H groups in total. The van der Waals surface area contributed by atoms with Gasteiger partial charge in [0.1, 0.15) is 11.3 Å². The molecule has 1 aliphatic rings. The van der Waals surface area contributed by atoms with Crippen LogP contribution in [0.4, 0.5) is 5.69 Å². The van der Waals surface area contributed by atoms with Crippen molar-refractivity contribution in [2.24, 2.45) is 0 Å². The highest BCUT2D eigenvalue weighted by Gasteiger charge is 2.43. The summed E-state index contributed by atoms with van der Waals surface area (Å²) in [6.07, 6.45) is 4.58. The topological polar surface area (TPSA) is 59.8 Å². The number of nitrogens with zero attached hydrogens (tertiary/aromatic N) is 1. The van der Waals surface area contributed by atoms with Gasteiger partial charge in [0.15, 0.2) is 5.43 Å². The molecule has 1 aromatic heterocycles. The van der Waals surface area contributed by atoms with Crippen molar-refractivity contribution in [1.29, 1.82) is 0 Å². The van der Waals surface area contributed by atoms with Gasteiger partial charge in [0.25, 0.3) is 5.91 Å². The van der Waals surface area contributed by atoms with Gasteiger partial charge in [-0.05, 0) is 62.2 Å². The molecule has 1 aliphatic heterocycles. The van der Waals surface area contributed by atoms with E-state index in [0.717, 1.165) is 41.0 Å². The number of fused-ring (bicyclic) bond motifs is 2. The molecule has 0 fully saturated rings. The third-order valence-electron chi connectivity index (χ3n) is 6.80. The summed E-state index contributed by atoms with van der Waals surface area (Å²) >= 11 is 0. The summed E-state index contributed by atoms with van der Waals surface area (Å²) in [4.78, 5) is 29.1. The van der Waals surface area contributed by atoms with E-state index in [2.05, 4.69) is 6.92 Å². The van der Waals surface area contributed by atoms with E-state index in [1.54, 1.807) is 11.0 Å². The van der Waals surface area contributed by atoms with E-state index in [4.69, 9.17) is 9.15 Å². The Bertz CT molecular complexity index is 1450. The molecule has 184 valence electrons. The van der Waals surface area contributed by atoms with Crippen LogP contribution in [0.15, 0.2) is 75.9 Å². The zero-order valence-corrected chi connectivity index (χ0v) is 21.0. The third kappa shape index (κ3) is 4.41. The Labute approximate surface area is 211 Å². The molecular formula is C31H31NO4. The molecule has 2 heterocycles. The molecule has 1 atom stereocenters. The van der Waals surface area contributed by atoms with Gasteiger partial charge in [-0.15, -0.1) is 0 Å². The Morgan fingerprint density at radius 3 is 2.31 bits per heavy atom. The van der Waals surface area contributed by atoms with Crippen LogP contribution >= 0.6 is 0 Å². The SMILES string of the molecule is CCCCCCOc1ccc(C2c3c(oc4ccc(C)cc4c3=O)C(=O)N2c2ccc(C)cc2)cc1. The zero-order valence-electron chi connectivity index (χ0n) is 21.0. The van der Waals surface area contributed by atoms with Crippen molar-refractivity contribution >= 4 is 22.6 Å². The minimum absolute atomic E-state index is 0.109. The third-order valence-corrected chi connectivity index (χ3v) is 6.80. The summed E-state index contributed by atoms with van der Waals surface area (Å²) < 4.78 is 12.0. The van der Waals surface area contributed by atoms with Gasteiger partial charge in [-0.1, -0.05) is 67.6 Å². The number of carbonyl (C=O) groups excluding carboxylic acids is 1. The van der Waals surface area contributed by atoms with Gasteiger partial charge in [-0.25, -0.2) is 0 Å². The predicted molar refractivity (Wildman–Crippen MR) is 143 cm³/mol. The van der Waals surface area contributed by atoms with Crippen LogP contribution in [0, 0.1) is 13.8 Å². The summed E-state index contributed by atoms with van der Waals surface area (Å²) in [7, 11) is 0. The first-order chi connectivity index (χ1) is 17.5. The first-order valence-electron chi connectivity index (χ1n) is 12.7. The number of aryl methyl sites for hydroxylation is 2. The second-order valence-electron chi connectivity index (χ2n) is 9.56. The van der Waals surface area contributed by atoms with E-state index in [-0.39, 0.29) is 17.1 Å². The number of benzene rings is 3. The van der Waals surface area contributed by atoms with E-state index >= 15 is 0 Å². The summed E-state index contributed by atoms with van der Waals surface area (Å²) in [5.74, 6) is 0.579. The first-order valence-corrected chi connectivity index (χ1v) is 12.7. The Morgan fingerprint density at radius 2 is 1.58 bits per heavy atom.